The second kappa shape index (κ2) is 7.46. The number of aromatic nitrogens is 1. The third kappa shape index (κ3) is 4.10. The molecule has 3 nitrogen and oxygen atoms in total. The molecule has 21 heavy (non-hydrogen) atoms. The Balaban J connectivity index is 2.12. The van der Waals surface area contributed by atoms with Gasteiger partial charge in [0.25, 0.3) is 0 Å². The Morgan fingerprint density at radius 3 is 2.81 bits per heavy atom. The summed E-state index contributed by atoms with van der Waals surface area (Å²) >= 11 is 6.50. The number of hydrogen-bond donors (Lipinski definition) is 1. The zero-order valence-electron chi connectivity index (χ0n) is 13.7. The summed E-state index contributed by atoms with van der Waals surface area (Å²) in [7, 11) is 0. The van der Waals surface area contributed by atoms with Crippen LogP contribution < -0.4 is 10.2 Å². The second-order valence-corrected chi connectivity index (χ2v) is 6.94. The van der Waals surface area contributed by atoms with E-state index in [1.165, 1.54) is 6.42 Å². The normalized spacial score (nSPS) is 26.1. The molecule has 1 aromatic rings. The van der Waals surface area contributed by atoms with Crippen LogP contribution in [-0.2, 0) is 6.54 Å². The molecule has 2 heterocycles. The summed E-state index contributed by atoms with van der Waals surface area (Å²) in [4.78, 5) is 7.03. The summed E-state index contributed by atoms with van der Waals surface area (Å²) in [5.74, 6) is 2.32. The maximum Gasteiger partial charge on any atom is 0.147 e. The van der Waals surface area contributed by atoms with Crippen molar-refractivity contribution in [2.24, 2.45) is 11.8 Å². The van der Waals surface area contributed by atoms with Gasteiger partial charge in [-0.05, 0) is 49.8 Å². The average Bonchev–Trinajstić information content (AvgIpc) is 2.44. The lowest BCUT2D eigenvalue weighted by atomic mass is 9.86. The van der Waals surface area contributed by atoms with Gasteiger partial charge in [0.2, 0.25) is 0 Å². The van der Waals surface area contributed by atoms with Crippen LogP contribution in [0.25, 0.3) is 0 Å². The maximum absolute atomic E-state index is 6.50. The van der Waals surface area contributed by atoms with E-state index in [-0.39, 0.29) is 0 Å². The van der Waals surface area contributed by atoms with E-state index in [9.17, 15) is 0 Å². The topological polar surface area (TPSA) is 28.2 Å². The Bertz CT molecular complexity index is 463. The first-order valence-corrected chi connectivity index (χ1v) is 8.52. The molecule has 0 amide bonds. The fourth-order valence-electron chi connectivity index (χ4n) is 3.18. The summed E-state index contributed by atoms with van der Waals surface area (Å²) in [5.41, 5.74) is 1.16. The van der Waals surface area contributed by atoms with Crippen LogP contribution >= 0.6 is 11.6 Å². The number of nitrogens with zero attached hydrogens (tertiary/aromatic N) is 2. The van der Waals surface area contributed by atoms with E-state index in [1.807, 2.05) is 6.20 Å². The molecule has 0 radical (unpaired) electrons. The summed E-state index contributed by atoms with van der Waals surface area (Å²) < 4.78 is 0. The number of nitrogens with one attached hydrogen (secondary N) is 1. The van der Waals surface area contributed by atoms with E-state index in [4.69, 9.17) is 11.6 Å². The molecule has 0 spiro atoms. The van der Waals surface area contributed by atoms with Crippen LogP contribution in [0.3, 0.4) is 0 Å². The van der Waals surface area contributed by atoms with Gasteiger partial charge in [0.1, 0.15) is 5.82 Å². The molecule has 118 valence electrons. The zero-order chi connectivity index (χ0) is 15.4. The van der Waals surface area contributed by atoms with Crippen molar-refractivity contribution in [2.45, 2.75) is 53.1 Å². The molecular formula is C17H28ClN3. The molecule has 1 fully saturated rings. The third-order valence-corrected chi connectivity index (χ3v) is 4.78. The van der Waals surface area contributed by atoms with Crippen molar-refractivity contribution in [3.05, 3.63) is 22.8 Å². The molecule has 0 bridgehead atoms. The lowest BCUT2D eigenvalue weighted by Gasteiger charge is -2.42. The molecule has 2 rings (SSSR count). The molecular weight excluding hydrogens is 282 g/mol. The smallest absolute Gasteiger partial charge is 0.147 e. The average molecular weight is 310 g/mol. The Hall–Kier alpha value is -0.800. The highest BCUT2D eigenvalue weighted by molar-refractivity contribution is 6.33. The van der Waals surface area contributed by atoms with E-state index in [0.29, 0.717) is 17.9 Å². The van der Waals surface area contributed by atoms with Gasteiger partial charge in [-0.25, -0.2) is 4.98 Å². The number of pyridine rings is 1. The van der Waals surface area contributed by atoms with Crippen LogP contribution in [-0.4, -0.2) is 24.1 Å². The molecule has 1 N–H and O–H groups in total. The number of piperidine rings is 1. The van der Waals surface area contributed by atoms with Gasteiger partial charge < -0.3 is 10.2 Å². The molecule has 0 saturated carbocycles. The summed E-state index contributed by atoms with van der Waals surface area (Å²) in [6.07, 6.45) is 4.38. The predicted octanol–water partition coefficient (Wildman–Crippen LogP) is 4.11. The highest BCUT2D eigenvalue weighted by atomic mass is 35.5. The minimum atomic E-state index is 0.496. The standard InChI is InChI=1S/C17H28ClN3/c1-5-6-19-9-15-8-16(18)17(20-10-15)21-11-12(2)7-13(3)14(21)4/h8,10,12-14,19H,5-7,9,11H2,1-4H3. The van der Waals surface area contributed by atoms with Crippen molar-refractivity contribution in [1.82, 2.24) is 10.3 Å². The maximum atomic E-state index is 6.50. The zero-order valence-corrected chi connectivity index (χ0v) is 14.5. The van der Waals surface area contributed by atoms with E-state index in [0.717, 1.165) is 42.5 Å². The molecule has 0 aromatic carbocycles. The van der Waals surface area contributed by atoms with Gasteiger partial charge in [0.15, 0.2) is 0 Å². The van der Waals surface area contributed by atoms with Crippen LogP contribution in [0, 0.1) is 11.8 Å². The minimum absolute atomic E-state index is 0.496. The highest BCUT2D eigenvalue weighted by Crippen LogP contribution is 2.34. The highest BCUT2D eigenvalue weighted by Gasteiger charge is 2.30. The number of hydrogen-bond acceptors (Lipinski definition) is 3. The quantitative estimate of drug-likeness (QED) is 0.830. The van der Waals surface area contributed by atoms with Crippen LogP contribution in [0.1, 0.15) is 46.1 Å². The lowest BCUT2D eigenvalue weighted by molar-refractivity contribution is 0.295. The van der Waals surface area contributed by atoms with Crippen LogP contribution in [0.5, 0.6) is 0 Å². The molecule has 1 aliphatic rings. The van der Waals surface area contributed by atoms with Crippen LogP contribution in [0.2, 0.25) is 5.02 Å². The molecule has 0 aliphatic carbocycles. The van der Waals surface area contributed by atoms with Crippen molar-refractivity contribution in [3.8, 4) is 0 Å². The summed E-state index contributed by atoms with van der Waals surface area (Å²) in [5, 5.41) is 4.17. The predicted molar refractivity (Wildman–Crippen MR) is 91.0 cm³/mol. The molecule has 3 atom stereocenters. The van der Waals surface area contributed by atoms with E-state index < -0.39 is 0 Å². The fraction of sp³-hybridized carbons (Fsp3) is 0.706. The van der Waals surface area contributed by atoms with Gasteiger partial charge in [-0.3, -0.25) is 0 Å². The van der Waals surface area contributed by atoms with Crippen molar-refractivity contribution >= 4 is 17.4 Å². The third-order valence-electron chi connectivity index (χ3n) is 4.50. The summed E-state index contributed by atoms with van der Waals surface area (Å²) in [6.45, 7) is 12.0. The fourth-order valence-corrected chi connectivity index (χ4v) is 3.48. The molecule has 4 heteroatoms. The van der Waals surface area contributed by atoms with Gasteiger partial charge >= 0.3 is 0 Å². The summed E-state index contributed by atoms with van der Waals surface area (Å²) in [6, 6.07) is 2.55. The van der Waals surface area contributed by atoms with Crippen molar-refractivity contribution in [1.29, 1.82) is 0 Å². The lowest BCUT2D eigenvalue weighted by Crippen LogP contribution is -2.46. The first kappa shape index (κ1) is 16.6. The molecule has 1 aromatic heterocycles. The van der Waals surface area contributed by atoms with Crippen LogP contribution in [0.4, 0.5) is 5.82 Å². The first-order chi connectivity index (χ1) is 10.0. The van der Waals surface area contributed by atoms with Crippen molar-refractivity contribution < 1.29 is 0 Å². The Kier molecular flexibility index (Phi) is 5.88. The first-order valence-electron chi connectivity index (χ1n) is 8.14. The van der Waals surface area contributed by atoms with Gasteiger partial charge in [0, 0.05) is 25.3 Å². The van der Waals surface area contributed by atoms with E-state index >= 15 is 0 Å². The Morgan fingerprint density at radius 2 is 2.14 bits per heavy atom. The molecule has 1 aliphatic heterocycles. The number of halogens is 1. The van der Waals surface area contributed by atoms with Crippen LogP contribution in [0.15, 0.2) is 12.3 Å². The van der Waals surface area contributed by atoms with Gasteiger partial charge in [-0.2, -0.15) is 0 Å². The largest absolute Gasteiger partial charge is 0.352 e. The Morgan fingerprint density at radius 1 is 1.38 bits per heavy atom. The number of rotatable bonds is 5. The minimum Gasteiger partial charge on any atom is -0.352 e. The Labute approximate surface area is 134 Å². The van der Waals surface area contributed by atoms with Crippen molar-refractivity contribution in [3.63, 3.8) is 0 Å². The molecule has 1 saturated heterocycles. The van der Waals surface area contributed by atoms with E-state index in [2.05, 4.69) is 49.0 Å². The number of anilines is 1. The SMILES string of the molecule is CCCNCc1cnc(N2CC(C)CC(C)C2C)c(Cl)c1. The van der Waals surface area contributed by atoms with Crippen molar-refractivity contribution in [2.75, 3.05) is 18.0 Å². The van der Waals surface area contributed by atoms with E-state index in [1.54, 1.807) is 0 Å². The monoisotopic (exact) mass is 309 g/mol. The molecule has 3 unspecified atom stereocenters. The van der Waals surface area contributed by atoms with Gasteiger partial charge in [0.05, 0.1) is 5.02 Å². The van der Waals surface area contributed by atoms with Gasteiger partial charge in [-0.15, -0.1) is 0 Å². The second-order valence-electron chi connectivity index (χ2n) is 6.54. The van der Waals surface area contributed by atoms with Gasteiger partial charge in [-0.1, -0.05) is 32.4 Å².